The number of rotatable bonds is 4. The van der Waals surface area contributed by atoms with E-state index in [1.54, 1.807) is 11.3 Å². The molecule has 0 spiro atoms. The second-order valence-corrected chi connectivity index (χ2v) is 5.68. The zero-order valence-electron chi connectivity index (χ0n) is 7.15. The van der Waals surface area contributed by atoms with Crippen LogP contribution in [0.5, 0.6) is 0 Å². The quantitative estimate of drug-likeness (QED) is 0.834. The predicted molar refractivity (Wildman–Crippen MR) is 61.5 cm³/mol. The average molecular weight is 281 g/mol. The summed E-state index contributed by atoms with van der Waals surface area (Å²) >= 11 is 11.1. The van der Waals surface area contributed by atoms with E-state index in [1.807, 2.05) is 0 Å². The van der Waals surface area contributed by atoms with Gasteiger partial charge in [-0.1, -0.05) is 0 Å². The maximum atomic E-state index is 5.86. The van der Waals surface area contributed by atoms with E-state index < -0.39 is 0 Å². The van der Waals surface area contributed by atoms with Crippen molar-refractivity contribution in [1.82, 2.24) is 5.32 Å². The first-order valence-electron chi connectivity index (χ1n) is 4.28. The molecule has 0 amide bonds. The van der Waals surface area contributed by atoms with E-state index in [1.165, 1.54) is 22.2 Å². The first kappa shape index (κ1) is 9.97. The highest BCUT2D eigenvalue weighted by atomic mass is 79.9. The third kappa shape index (κ3) is 2.46. The molecule has 13 heavy (non-hydrogen) atoms. The molecular formula is C9H11BrClNS. The summed E-state index contributed by atoms with van der Waals surface area (Å²) in [6.45, 7) is 0.947. The standard InChI is InChI=1S/C9H11BrClNS/c10-7-3-8(13-5-7)4-12-9(6-11)1-2-9/h3,5,12H,1-2,4,6H2. The highest BCUT2D eigenvalue weighted by Crippen LogP contribution is 2.36. The Labute approximate surface area is 95.6 Å². The fourth-order valence-corrected chi connectivity index (χ4v) is 2.98. The Kier molecular flexibility index (Phi) is 2.98. The number of halogens is 2. The third-order valence-electron chi connectivity index (χ3n) is 2.37. The average Bonchev–Trinajstić information content (AvgIpc) is 2.81. The predicted octanol–water partition coefficient (Wildman–Crippen LogP) is 3.37. The summed E-state index contributed by atoms with van der Waals surface area (Å²) in [5.74, 6) is 0.736. The van der Waals surface area contributed by atoms with Crippen molar-refractivity contribution in [3.63, 3.8) is 0 Å². The van der Waals surface area contributed by atoms with Gasteiger partial charge in [-0.05, 0) is 34.8 Å². The van der Waals surface area contributed by atoms with Crippen molar-refractivity contribution in [3.05, 3.63) is 20.8 Å². The van der Waals surface area contributed by atoms with Crippen LogP contribution in [0.15, 0.2) is 15.9 Å². The molecule has 1 heterocycles. The van der Waals surface area contributed by atoms with Gasteiger partial charge in [0.05, 0.1) is 0 Å². The lowest BCUT2D eigenvalue weighted by Crippen LogP contribution is -2.31. The molecule has 1 aromatic rings. The van der Waals surface area contributed by atoms with Crippen LogP contribution in [0.2, 0.25) is 0 Å². The summed E-state index contributed by atoms with van der Waals surface area (Å²) in [6.07, 6.45) is 2.45. The molecule has 1 aliphatic rings. The minimum atomic E-state index is 0.262. The van der Waals surface area contributed by atoms with Gasteiger partial charge < -0.3 is 5.32 Å². The third-order valence-corrected chi connectivity index (χ3v) is 4.58. The molecule has 1 aromatic heterocycles. The van der Waals surface area contributed by atoms with Crippen molar-refractivity contribution in [1.29, 1.82) is 0 Å². The van der Waals surface area contributed by atoms with Gasteiger partial charge >= 0.3 is 0 Å². The molecule has 1 nitrogen and oxygen atoms in total. The van der Waals surface area contributed by atoms with E-state index in [-0.39, 0.29) is 5.54 Å². The summed E-state index contributed by atoms with van der Waals surface area (Å²) < 4.78 is 1.17. The van der Waals surface area contributed by atoms with E-state index >= 15 is 0 Å². The summed E-state index contributed by atoms with van der Waals surface area (Å²) in [7, 11) is 0. The van der Waals surface area contributed by atoms with Crippen LogP contribution >= 0.6 is 38.9 Å². The molecule has 1 N–H and O–H groups in total. The maximum Gasteiger partial charge on any atom is 0.0406 e. The van der Waals surface area contributed by atoms with Gasteiger partial charge in [-0.2, -0.15) is 0 Å². The van der Waals surface area contributed by atoms with Crippen molar-refractivity contribution >= 4 is 38.9 Å². The first-order chi connectivity index (χ1) is 6.24. The minimum Gasteiger partial charge on any atom is -0.305 e. The van der Waals surface area contributed by atoms with Gasteiger partial charge in [0.25, 0.3) is 0 Å². The van der Waals surface area contributed by atoms with E-state index in [4.69, 9.17) is 11.6 Å². The molecule has 0 unspecified atom stereocenters. The van der Waals surface area contributed by atoms with Crippen LogP contribution in [0.3, 0.4) is 0 Å². The van der Waals surface area contributed by atoms with Gasteiger partial charge in [0.2, 0.25) is 0 Å². The SMILES string of the molecule is ClCC1(NCc2cc(Br)cs2)CC1. The monoisotopic (exact) mass is 279 g/mol. The van der Waals surface area contributed by atoms with Gasteiger partial charge in [-0.25, -0.2) is 0 Å². The van der Waals surface area contributed by atoms with Crippen LogP contribution in [0.4, 0.5) is 0 Å². The Bertz CT molecular complexity index is 296. The molecule has 0 aliphatic heterocycles. The maximum absolute atomic E-state index is 5.86. The molecule has 0 radical (unpaired) electrons. The van der Waals surface area contributed by atoms with Crippen LogP contribution in [0.1, 0.15) is 17.7 Å². The van der Waals surface area contributed by atoms with Gasteiger partial charge in [0.15, 0.2) is 0 Å². The number of hydrogen-bond donors (Lipinski definition) is 1. The van der Waals surface area contributed by atoms with Crippen molar-refractivity contribution in [3.8, 4) is 0 Å². The van der Waals surface area contributed by atoms with Crippen LogP contribution in [-0.2, 0) is 6.54 Å². The van der Waals surface area contributed by atoms with Gasteiger partial charge in [0.1, 0.15) is 0 Å². The van der Waals surface area contributed by atoms with Gasteiger partial charge in [0, 0.05) is 32.7 Å². The van der Waals surface area contributed by atoms with Crippen molar-refractivity contribution < 1.29 is 0 Å². The molecule has 0 bridgehead atoms. The second-order valence-electron chi connectivity index (χ2n) is 3.50. The Hall–Kier alpha value is 0.430. The normalized spacial score (nSPS) is 18.9. The fourth-order valence-electron chi connectivity index (χ4n) is 1.23. The smallest absolute Gasteiger partial charge is 0.0406 e. The molecule has 0 aromatic carbocycles. The molecule has 2 rings (SSSR count). The Morgan fingerprint density at radius 3 is 2.85 bits per heavy atom. The Balaban J connectivity index is 1.86. The molecule has 1 fully saturated rings. The summed E-state index contributed by atoms with van der Waals surface area (Å²) in [6, 6.07) is 2.15. The lowest BCUT2D eigenvalue weighted by Gasteiger charge is -2.12. The molecule has 1 aliphatic carbocycles. The molecule has 0 saturated heterocycles. The topological polar surface area (TPSA) is 12.0 Å². The first-order valence-corrected chi connectivity index (χ1v) is 6.49. The minimum absolute atomic E-state index is 0.262. The highest BCUT2D eigenvalue weighted by Gasteiger charge is 2.41. The second kappa shape index (κ2) is 3.89. The van der Waals surface area contributed by atoms with E-state index in [2.05, 4.69) is 32.7 Å². The van der Waals surface area contributed by atoms with Crippen LogP contribution in [-0.4, -0.2) is 11.4 Å². The lowest BCUT2D eigenvalue weighted by molar-refractivity contribution is 0.546. The molecule has 0 atom stereocenters. The summed E-state index contributed by atoms with van der Waals surface area (Å²) in [5, 5.41) is 5.62. The molecule has 4 heteroatoms. The summed E-state index contributed by atoms with van der Waals surface area (Å²) in [5.41, 5.74) is 0.262. The van der Waals surface area contributed by atoms with Gasteiger partial charge in [-0.3, -0.25) is 0 Å². The molecular weight excluding hydrogens is 270 g/mol. The van der Waals surface area contributed by atoms with E-state index in [9.17, 15) is 0 Å². The van der Waals surface area contributed by atoms with E-state index in [0.29, 0.717) is 0 Å². The van der Waals surface area contributed by atoms with Crippen LogP contribution in [0, 0.1) is 0 Å². The summed E-state index contributed by atoms with van der Waals surface area (Å²) in [4.78, 5) is 1.36. The van der Waals surface area contributed by atoms with Crippen molar-refractivity contribution in [2.75, 3.05) is 5.88 Å². The number of thiophene rings is 1. The van der Waals surface area contributed by atoms with E-state index in [0.717, 1.165) is 12.4 Å². The number of nitrogens with one attached hydrogen (secondary N) is 1. The zero-order valence-corrected chi connectivity index (χ0v) is 10.3. The Morgan fingerprint density at radius 2 is 2.38 bits per heavy atom. The zero-order chi connectivity index (χ0) is 9.31. The lowest BCUT2D eigenvalue weighted by atomic mass is 10.3. The Morgan fingerprint density at radius 1 is 1.62 bits per heavy atom. The van der Waals surface area contributed by atoms with Crippen molar-refractivity contribution in [2.24, 2.45) is 0 Å². The van der Waals surface area contributed by atoms with Crippen LogP contribution in [0.25, 0.3) is 0 Å². The van der Waals surface area contributed by atoms with Crippen LogP contribution < -0.4 is 5.32 Å². The molecule has 1 saturated carbocycles. The fraction of sp³-hybridized carbons (Fsp3) is 0.556. The van der Waals surface area contributed by atoms with Crippen molar-refractivity contribution in [2.45, 2.75) is 24.9 Å². The highest BCUT2D eigenvalue weighted by molar-refractivity contribution is 9.10. The number of alkyl halides is 1. The largest absolute Gasteiger partial charge is 0.305 e. The van der Waals surface area contributed by atoms with Gasteiger partial charge in [-0.15, -0.1) is 22.9 Å². The molecule has 72 valence electrons. The number of hydrogen-bond acceptors (Lipinski definition) is 2.